The van der Waals surface area contributed by atoms with E-state index in [0.29, 0.717) is 37.2 Å². The van der Waals surface area contributed by atoms with Crippen LogP contribution in [0.3, 0.4) is 0 Å². The number of hydrogen-bond donors (Lipinski definition) is 1. The fraction of sp³-hybridized carbons (Fsp3) is 0.286. The number of piperidine rings is 1. The summed E-state index contributed by atoms with van der Waals surface area (Å²) < 4.78 is 16.5. The van der Waals surface area contributed by atoms with Crippen molar-refractivity contribution in [1.29, 1.82) is 0 Å². The van der Waals surface area contributed by atoms with Crippen LogP contribution in [-0.2, 0) is 4.79 Å². The highest BCUT2D eigenvalue weighted by molar-refractivity contribution is 5.98. The third-order valence-electron chi connectivity index (χ3n) is 6.12. The topological polar surface area (TPSA) is 77.1 Å². The molecule has 3 aromatic carbocycles. The molecule has 35 heavy (non-hydrogen) atoms. The Kier molecular flexibility index (Phi) is 7.88. The lowest BCUT2D eigenvalue weighted by Gasteiger charge is -2.34. The normalized spacial score (nSPS) is 14.6. The summed E-state index contributed by atoms with van der Waals surface area (Å²) in [6.07, 6.45) is 1.45. The number of carbonyl (C=O) groups excluding carboxylic acids is 2. The van der Waals surface area contributed by atoms with E-state index in [9.17, 15) is 9.59 Å². The Balaban J connectivity index is 1.41. The molecule has 1 atom stereocenters. The van der Waals surface area contributed by atoms with E-state index in [-0.39, 0.29) is 17.9 Å². The van der Waals surface area contributed by atoms with Gasteiger partial charge in [0.25, 0.3) is 5.91 Å². The number of carbonyl (C=O) groups is 2. The van der Waals surface area contributed by atoms with Crippen LogP contribution in [0.25, 0.3) is 0 Å². The number of amides is 2. The van der Waals surface area contributed by atoms with Crippen molar-refractivity contribution in [2.24, 2.45) is 0 Å². The van der Waals surface area contributed by atoms with Gasteiger partial charge in [0.05, 0.1) is 14.2 Å². The van der Waals surface area contributed by atoms with Gasteiger partial charge in [-0.25, -0.2) is 0 Å². The summed E-state index contributed by atoms with van der Waals surface area (Å²) >= 11 is 0. The van der Waals surface area contributed by atoms with Crippen molar-refractivity contribution < 1.29 is 23.8 Å². The highest BCUT2D eigenvalue weighted by atomic mass is 16.5. The van der Waals surface area contributed by atoms with Gasteiger partial charge in [0, 0.05) is 31.5 Å². The molecule has 1 heterocycles. The van der Waals surface area contributed by atoms with Crippen molar-refractivity contribution in [3.05, 3.63) is 90.0 Å². The van der Waals surface area contributed by atoms with Crippen molar-refractivity contribution in [2.75, 3.05) is 27.3 Å². The molecule has 0 radical (unpaired) electrons. The molecule has 7 heteroatoms. The van der Waals surface area contributed by atoms with Crippen LogP contribution < -0.4 is 19.5 Å². The SMILES string of the molecule is COc1ccc(OC2CCN(C(=O)C(NC(=O)c3ccc(OC)cc3)c3ccccc3)CC2)cc1. The molecule has 7 nitrogen and oxygen atoms in total. The Hall–Kier alpha value is -4.00. The molecule has 2 amide bonds. The third-order valence-corrected chi connectivity index (χ3v) is 6.12. The maximum atomic E-state index is 13.5. The monoisotopic (exact) mass is 474 g/mol. The molecule has 0 aliphatic carbocycles. The average molecular weight is 475 g/mol. The Morgan fingerprint density at radius 2 is 1.34 bits per heavy atom. The van der Waals surface area contributed by atoms with E-state index in [1.54, 1.807) is 43.4 Å². The predicted octanol–water partition coefficient (Wildman–Crippen LogP) is 4.24. The lowest BCUT2D eigenvalue weighted by atomic mass is 10.0. The smallest absolute Gasteiger partial charge is 0.252 e. The first-order valence-electron chi connectivity index (χ1n) is 11.7. The Bertz CT molecular complexity index is 1110. The van der Waals surface area contributed by atoms with E-state index in [4.69, 9.17) is 14.2 Å². The third kappa shape index (κ3) is 6.12. The molecule has 182 valence electrons. The Morgan fingerprint density at radius 3 is 1.91 bits per heavy atom. The number of nitrogens with one attached hydrogen (secondary N) is 1. The Morgan fingerprint density at radius 1 is 0.800 bits per heavy atom. The molecule has 0 aromatic heterocycles. The molecule has 1 fully saturated rings. The van der Waals surface area contributed by atoms with Gasteiger partial charge >= 0.3 is 0 Å². The second-order valence-electron chi connectivity index (χ2n) is 8.36. The van der Waals surface area contributed by atoms with E-state index in [1.807, 2.05) is 54.6 Å². The van der Waals surface area contributed by atoms with Gasteiger partial charge in [-0.05, 0) is 54.1 Å². The van der Waals surface area contributed by atoms with Crippen LogP contribution in [0.15, 0.2) is 78.9 Å². The maximum Gasteiger partial charge on any atom is 0.252 e. The van der Waals surface area contributed by atoms with E-state index in [0.717, 1.165) is 17.1 Å². The lowest BCUT2D eigenvalue weighted by molar-refractivity contribution is -0.135. The van der Waals surface area contributed by atoms with Crippen LogP contribution in [0.2, 0.25) is 0 Å². The quantitative estimate of drug-likeness (QED) is 0.528. The fourth-order valence-electron chi connectivity index (χ4n) is 4.11. The first-order chi connectivity index (χ1) is 17.1. The van der Waals surface area contributed by atoms with Crippen LogP contribution in [0.1, 0.15) is 34.8 Å². The highest BCUT2D eigenvalue weighted by Crippen LogP contribution is 2.24. The molecular weight excluding hydrogens is 444 g/mol. The summed E-state index contributed by atoms with van der Waals surface area (Å²) in [5, 5.41) is 2.93. The largest absolute Gasteiger partial charge is 0.497 e. The summed E-state index contributed by atoms with van der Waals surface area (Å²) in [7, 11) is 3.20. The number of nitrogens with zero attached hydrogens (tertiary/aromatic N) is 1. The average Bonchev–Trinajstić information content (AvgIpc) is 2.92. The fourth-order valence-corrected chi connectivity index (χ4v) is 4.11. The van der Waals surface area contributed by atoms with E-state index in [2.05, 4.69) is 5.32 Å². The zero-order valence-electron chi connectivity index (χ0n) is 20.0. The van der Waals surface area contributed by atoms with Gasteiger partial charge in [-0.15, -0.1) is 0 Å². The molecule has 4 rings (SSSR count). The summed E-state index contributed by atoms with van der Waals surface area (Å²) in [6.45, 7) is 1.11. The zero-order chi connectivity index (χ0) is 24.6. The van der Waals surface area contributed by atoms with Crippen molar-refractivity contribution in [1.82, 2.24) is 10.2 Å². The van der Waals surface area contributed by atoms with Gasteiger partial charge in [0.15, 0.2) is 0 Å². The van der Waals surface area contributed by atoms with Gasteiger partial charge in [0.1, 0.15) is 29.4 Å². The van der Waals surface area contributed by atoms with E-state index >= 15 is 0 Å². The van der Waals surface area contributed by atoms with Crippen LogP contribution in [-0.4, -0.2) is 50.1 Å². The second kappa shape index (κ2) is 11.4. The van der Waals surface area contributed by atoms with E-state index in [1.165, 1.54) is 0 Å². The standard InChI is InChI=1S/C28H30N2O5/c1-33-22-10-8-21(9-11-22)27(31)29-26(20-6-4-3-5-7-20)28(32)30-18-16-25(17-19-30)35-24-14-12-23(34-2)13-15-24/h3-15,25-26H,16-19H2,1-2H3,(H,29,31). The first-order valence-corrected chi connectivity index (χ1v) is 11.7. The van der Waals surface area contributed by atoms with Gasteiger partial charge in [-0.2, -0.15) is 0 Å². The molecule has 1 aliphatic heterocycles. The van der Waals surface area contributed by atoms with Gasteiger partial charge in [-0.1, -0.05) is 30.3 Å². The summed E-state index contributed by atoms with van der Waals surface area (Å²) in [5.41, 5.74) is 1.21. The minimum Gasteiger partial charge on any atom is -0.497 e. The number of ether oxygens (including phenoxy) is 3. The molecule has 1 unspecified atom stereocenters. The maximum absolute atomic E-state index is 13.5. The number of likely N-dealkylation sites (tertiary alicyclic amines) is 1. The molecule has 0 bridgehead atoms. The lowest BCUT2D eigenvalue weighted by Crippen LogP contribution is -2.47. The minimum atomic E-state index is -0.773. The molecule has 1 N–H and O–H groups in total. The second-order valence-corrected chi connectivity index (χ2v) is 8.36. The van der Waals surface area contributed by atoms with Crippen molar-refractivity contribution >= 4 is 11.8 Å². The number of benzene rings is 3. The van der Waals surface area contributed by atoms with Crippen LogP contribution in [0, 0.1) is 0 Å². The summed E-state index contributed by atoms with van der Waals surface area (Å²) in [4.78, 5) is 28.3. The van der Waals surface area contributed by atoms with Gasteiger partial charge < -0.3 is 24.4 Å². The van der Waals surface area contributed by atoms with Gasteiger partial charge in [0.2, 0.25) is 5.91 Å². The molecule has 0 spiro atoms. The van der Waals surface area contributed by atoms with Crippen molar-refractivity contribution in [3.8, 4) is 17.2 Å². The number of rotatable bonds is 8. The van der Waals surface area contributed by atoms with E-state index < -0.39 is 6.04 Å². The number of hydrogen-bond acceptors (Lipinski definition) is 5. The predicted molar refractivity (Wildman–Crippen MR) is 133 cm³/mol. The van der Waals surface area contributed by atoms with Crippen LogP contribution >= 0.6 is 0 Å². The molecule has 0 saturated carbocycles. The number of methoxy groups -OCH3 is 2. The molecule has 3 aromatic rings. The summed E-state index contributed by atoms with van der Waals surface area (Å²) in [6, 6.07) is 22.9. The highest BCUT2D eigenvalue weighted by Gasteiger charge is 2.31. The van der Waals surface area contributed by atoms with Crippen LogP contribution in [0.4, 0.5) is 0 Å². The zero-order valence-corrected chi connectivity index (χ0v) is 20.0. The summed E-state index contributed by atoms with van der Waals surface area (Å²) in [5.74, 6) is 1.79. The van der Waals surface area contributed by atoms with Crippen molar-refractivity contribution in [3.63, 3.8) is 0 Å². The minimum absolute atomic E-state index is 0.0245. The van der Waals surface area contributed by atoms with Crippen LogP contribution in [0.5, 0.6) is 17.2 Å². The first kappa shape index (κ1) is 24.1. The Labute approximate surface area is 205 Å². The van der Waals surface area contributed by atoms with Gasteiger partial charge in [-0.3, -0.25) is 9.59 Å². The molecule has 1 saturated heterocycles. The van der Waals surface area contributed by atoms with Crippen molar-refractivity contribution in [2.45, 2.75) is 25.0 Å². The molecular formula is C28H30N2O5. The molecule has 1 aliphatic rings.